The first kappa shape index (κ1) is 12.6. The molecule has 1 N–H and O–H groups in total. The Hall–Kier alpha value is -0.830. The lowest BCUT2D eigenvalue weighted by Crippen LogP contribution is -2.17. The summed E-state index contributed by atoms with van der Waals surface area (Å²) in [6.45, 7) is 2.11. The topological polar surface area (TPSA) is 12.0 Å². The summed E-state index contributed by atoms with van der Waals surface area (Å²) in [6, 6.07) is 13.1. The Balaban J connectivity index is 2.12. The van der Waals surface area contributed by atoms with E-state index in [0.717, 1.165) is 10.8 Å². The fraction of sp³-hybridized carbons (Fsp3) is 0.286. The van der Waals surface area contributed by atoms with Crippen LogP contribution in [0.2, 0.25) is 4.34 Å². The molecule has 1 nitrogen and oxygen atoms in total. The van der Waals surface area contributed by atoms with Crippen LogP contribution in [0.1, 0.15) is 22.0 Å². The van der Waals surface area contributed by atoms with Gasteiger partial charge in [-0.15, -0.1) is 11.3 Å². The molecule has 2 aromatic rings. The van der Waals surface area contributed by atoms with E-state index in [4.69, 9.17) is 11.6 Å². The zero-order valence-electron chi connectivity index (χ0n) is 10.0. The third-order valence-corrected chi connectivity index (χ3v) is 4.19. The minimum Gasteiger partial charge on any atom is -0.312 e. The highest BCUT2D eigenvalue weighted by Crippen LogP contribution is 2.28. The number of thiophene rings is 1. The van der Waals surface area contributed by atoms with Gasteiger partial charge in [0.05, 0.1) is 4.34 Å². The molecule has 3 heteroatoms. The van der Waals surface area contributed by atoms with E-state index in [0.29, 0.717) is 6.04 Å². The summed E-state index contributed by atoms with van der Waals surface area (Å²) >= 11 is 7.62. The van der Waals surface area contributed by atoms with Crippen molar-refractivity contribution >= 4 is 22.9 Å². The van der Waals surface area contributed by atoms with Gasteiger partial charge in [-0.25, -0.2) is 0 Å². The van der Waals surface area contributed by atoms with Crippen molar-refractivity contribution in [1.29, 1.82) is 0 Å². The summed E-state index contributed by atoms with van der Waals surface area (Å²) < 4.78 is 0.851. The molecule has 0 aliphatic carbocycles. The van der Waals surface area contributed by atoms with Crippen molar-refractivity contribution in [2.24, 2.45) is 0 Å². The molecular formula is C14H16ClNS. The average molecular weight is 266 g/mol. The van der Waals surface area contributed by atoms with Gasteiger partial charge in [-0.05, 0) is 38.1 Å². The molecule has 0 spiro atoms. The van der Waals surface area contributed by atoms with Crippen molar-refractivity contribution in [1.82, 2.24) is 5.32 Å². The predicted molar refractivity (Wildman–Crippen MR) is 76.0 cm³/mol. The van der Waals surface area contributed by atoms with Gasteiger partial charge in [0.25, 0.3) is 0 Å². The Bertz CT molecular complexity index is 475. The SMILES string of the molecule is CNC(Cc1ccc(C)cc1)c1ccc(Cl)s1. The van der Waals surface area contributed by atoms with Crippen LogP contribution in [0, 0.1) is 6.92 Å². The fourth-order valence-corrected chi connectivity index (χ4v) is 2.99. The van der Waals surface area contributed by atoms with Gasteiger partial charge in [-0.3, -0.25) is 0 Å². The first-order valence-electron chi connectivity index (χ1n) is 5.67. The lowest BCUT2D eigenvalue weighted by atomic mass is 10.0. The standard InChI is InChI=1S/C14H16ClNS/c1-10-3-5-11(6-4-10)9-12(16-2)13-7-8-14(15)17-13/h3-8,12,16H,9H2,1-2H3. The van der Waals surface area contributed by atoms with Crippen molar-refractivity contribution < 1.29 is 0 Å². The lowest BCUT2D eigenvalue weighted by Gasteiger charge is -2.14. The minimum atomic E-state index is 0.343. The number of hydrogen-bond acceptors (Lipinski definition) is 2. The van der Waals surface area contributed by atoms with Gasteiger partial charge in [0.2, 0.25) is 0 Å². The Kier molecular flexibility index (Phi) is 4.21. The number of hydrogen-bond donors (Lipinski definition) is 1. The molecule has 1 unspecified atom stereocenters. The molecule has 90 valence electrons. The maximum atomic E-state index is 5.98. The Morgan fingerprint density at radius 2 is 1.88 bits per heavy atom. The number of likely N-dealkylation sites (N-methyl/N-ethyl adjacent to an activating group) is 1. The number of benzene rings is 1. The minimum absolute atomic E-state index is 0.343. The first-order chi connectivity index (χ1) is 8.19. The number of halogens is 1. The van der Waals surface area contributed by atoms with E-state index in [1.807, 2.05) is 13.1 Å². The van der Waals surface area contributed by atoms with Crippen LogP contribution in [0.4, 0.5) is 0 Å². The van der Waals surface area contributed by atoms with Crippen LogP contribution in [0.15, 0.2) is 36.4 Å². The van der Waals surface area contributed by atoms with Crippen LogP contribution in [-0.2, 0) is 6.42 Å². The molecular weight excluding hydrogens is 250 g/mol. The van der Waals surface area contributed by atoms with Gasteiger partial charge in [0.1, 0.15) is 0 Å². The van der Waals surface area contributed by atoms with E-state index in [-0.39, 0.29) is 0 Å². The van der Waals surface area contributed by atoms with E-state index in [2.05, 4.69) is 42.6 Å². The molecule has 0 bridgehead atoms. The third kappa shape index (κ3) is 3.32. The second-order valence-corrected chi connectivity index (χ2v) is 5.92. The molecule has 0 amide bonds. The van der Waals surface area contributed by atoms with E-state index >= 15 is 0 Å². The highest BCUT2D eigenvalue weighted by Gasteiger charge is 2.12. The third-order valence-electron chi connectivity index (χ3n) is 2.85. The molecule has 0 radical (unpaired) electrons. The summed E-state index contributed by atoms with van der Waals surface area (Å²) in [6.07, 6.45) is 0.994. The van der Waals surface area contributed by atoms with Gasteiger partial charge >= 0.3 is 0 Å². The van der Waals surface area contributed by atoms with Crippen LogP contribution in [0.3, 0.4) is 0 Å². The Morgan fingerprint density at radius 1 is 1.18 bits per heavy atom. The van der Waals surface area contributed by atoms with Crippen LogP contribution >= 0.6 is 22.9 Å². The highest BCUT2D eigenvalue weighted by atomic mass is 35.5. The molecule has 2 rings (SSSR count). The van der Waals surface area contributed by atoms with Gasteiger partial charge in [-0.2, -0.15) is 0 Å². The maximum absolute atomic E-state index is 5.98. The molecule has 17 heavy (non-hydrogen) atoms. The van der Waals surface area contributed by atoms with Crippen LogP contribution in [-0.4, -0.2) is 7.05 Å². The van der Waals surface area contributed by atoms with Crippen molar-refractivity contribution in [2.45, 2.75) is 19.4 Å². The number of nitrogens with one attached hydrogen (secondary N) is 1. The average Bonchev–Trinajstić information content (AvgIpc) is 2.75. The van der Waals surface area contributed by atoms with Crippen LogP contribution in [0.5, 0.6) is 0 Å². The summed E-state index contributed by atoms with van der Waals surface area (Å²) in [5.41, 5.74) is 2.65. The zero-order chi connectivity index (χ0) is 12.3. The van der Waals surface area contributed by atoms with Gasteiger partial charge in [0, 0.05) is 10.9 Å². The van der Waals surface area contributed by atoms with E-state index in [1.54, 1.807) is 11.3 Å². The maximum Gasteiger partial charge on any atom is 0.0931 e. The van der Waals surface area contributed by atoms with E-state index in [1.165, 1.54) is 16.0 Å². The molecule has 1 aromatic carbocycles. The van der Waals surface area contributed by atoms with Gasteiger partial charge in [-0.1, -0.05) is 41.4 Å². The van der Waals surface area contributed by atoms with Crippen molar-refractivity contribution in [3.8, 4) is 0 Å². The lowest BCUT2D eigenvalue weighted by molar-refractivity contribution is 0.602. The monoisotopic (exact) mass is 265 g/mol. The predicted octanol–water partition coefficient (Wildman–Crippen LogP) is 4.21. The number of aryl methyl sites for hydroxylation is 1. The van der Waals surface area contributed by atoms with Crippen LogP contribution < -0.4 is 5.32 Å². The smallest absolute Gasteiger partial charge is 0.0931 e. The van der Waals surface area contributed by atoms with Crippen LogP contribution in [0.25, 0.3) is 0 Å². The summed E-state index contributed by atoms with van der Waals surface area (Å²) in [5.74, 6) is 0. The molecule has 1 heterocycles. The first-order valence-corrected chi connectivity index (χ1v) is 6.86. The summed E-state index contributed by atoms with van der Waals surface area (Å²) in [7, 11) is 1.99. The molecule has 0 aliphatic heterocycles. The van der Waals surface area contributed by atoms with Gasteiger partial charge in [0.15, 0.2) is 0 Å². The normalized spacial score (nSPS) is 12.6. The molecule has 1 aromatic heterocycles. The molecule has 1 atom stereocenters. The molecule has 0 fully saturated rings. The summed E-state index contributed by atoms with van der Waals surface area (Å²) in [5, 5.41) is 3.35. The second kappa shape index (κ2) is 5.67. The fourth-order valence-electron chi connectivity index (χ4n) is 1.82. The molecule has 0 saturated heterocycles. The summed E-state index contributed by atoms with van der Waals surface area (Å²) in [4.78, 5) is 1.29. The second-order valence-electron chi connectivity index (χ2n) is 4.17. The molecule has 0 saturated carbocycles. The quantitative estimate of drug-likeness (QED) is 0.873. The van der Waals surface area contributed by atoms with Crippen molar-refractivity contribution in [3.63, 3.8) is 0 Å². The largest absolute Gasteiger partial charge is 0.312 e. The van der Waals surface area contributed by atoms with E-state index in [9.17, 15) is 0 Å². The number of rotatable bonds is 4. The van der Waals surface area contributed by atoms with Gasteiger partial charge < -0.3 is 5.32 Å². The Labute approximate surface area is 111 Å². The van der Waals surface area contributed by atoms with E-state index < -0.39 is 0 Å². The highest BCUT2D eigenvalue weighted by molar-refractivity contribution is 7.16. The van der Waals surface area contributed by atoms with Crippen molar-refractivity contribution in [3.05, 3.63) is 56.7 Å². The van der Waals surface area contributed by atoms with Crippen molar-refractivity contribution in [2.75, 3.05) is 7.05 Å². The molecule has 0 aliphatic rings. The Morgan fingerprint density at radius 3 is 2.41 bits per heavy atom. The zero-order valence-corrected chi connectivity index (χ0v) is 11.6.